The third-order valence-electron chi connectivity index (χ3n) is 2.55. The molecular weight excluding hydrogens is 298 g/mol. The molecular formula is C13H14BrNO3. The van der Waals surface area contributed by atoms with Crippen molar-refractivity contribution in [3.05, 3.63) is 34.5 Å². The van der Waals surface area contributed by atoms with E-state index in [-0.39, 0.29) is 18.3 Å². The van der Waals surface area contributed by atoms with Gasteiger partial charge < -0.3 is 14.8 Å². The molecule has 0 saturated heterocycles. The largest absolute Gasteiger partial charge is 0.451 e. The smallest absolute Gasteiger partial charge is 0.287 e. The Morgan fingerprint density at radius 3 is 2.83 bits per heavy atom. The van der Waals surface area contributed by atoms with Crippen molar-refractivity contribution < 1.29 is 14.3 Å². The standard InChI is InChI=1S/C13H14BrNO3/c1-13(2,7-16)15-12(17)11-5-8-3-4-9(14)6-10(8)18-11/h3-6,16H,7H2,1-2H3,(H,15,17). The molecule has 0 spiro atoms. The van der Waals surface area contributed by atoms with Crippen LogP contribution in [0.15, 0.2) is 33.2 Å². The topological polar surface area (TPSA) is 62.5 Å². The van der Waals surface area contributed by atoms with Gasteiger partial charge in [0.15, 0.2) is 5.76 Å². The van der Waals surface area contributed by atoms with Crippen molar-refractivity contribution in [1.82, 2.24) is 5.32 Å². The summed E-state index contributed by atoms with van der Waals surface area (Å²) in [5.74, 6) is -0.0917. The van der Waals surface area contributed by atoms with E-state index in [1.165, 1.54) is 0 Å². The van der Waals surface area contributed by atoms with E-state index in [1.807, 2.05) is 18.2 Å². The fourth-order valence-electron chi connectivity index (χ4n) is 1.53. The number of amides is 1. The van der Waals surface area contributed by atoms with Crippen LogP contribution in [0.2, 0.25) is 0 Å². The number of aliphatic hydroxyl groups excluding tert-OH is 1. The molecule has 1 aromatic heterocycles. The lowest BCUT2D eigenvalue weighted by atomic mass is 10.1. The van der Waals surface area contributed by atoms with Crippen LogP contribution in [-0.2, 0) is 0 Å². The molecule has 4 nitrogen and oxygen atoms in total. The third-order valence-corrected chi connectivity index (χ3v) is 3.05. The van der Waals surface area contributed by atoms with Gasteiger partial charge in [-0.2, -0.15) is 0 Å². The number of fused-ring (bicyclic) bond motifs is 1. The van der Waals surface area contributed by atoms with Crippen molar-refractivity contribution in [2.24, 2.45) is 0 Å². The van der Waals surface area contributed by atoms with E-state index in [9.17, 15) is 4.79 Å². The minimum atomic E-state index is -0.670. The maximum Gasteiger partial charge on any atom is 0.287 e. The summed E-state index contributed by atoms with van der Waals surface area (Å²) in [5.41, 5.74) is -0.0206. The SMILES string of the molecule is CC(C)(CO)NC(=O)c1cc2ccc(Br)cc2o1. The number of furan rings is 1. The summed E-state index contributed by atoms with van der Waals surface area (Å²) >= 11 is 3.35. The Bertz CT molecular complexity index is 589. The van der Waals surface area contributed by atoms with Crippen LogP contribution in [0.5, 0.6) is 0 Å². The van der Waals surface area contributed by atoms with Crippen LogP contribution < -0.4 is 5.32 Å². The van der Waals surface area contributed by atoms with E-state index >= 15 is 0 Å². The fourth-order valence-corrected chi connectivity index (χ4v) is 1.87. The number of aliphatic hydroxyl groups is 1. The van der Waals surface area contributed by atoms with E-state index in [0.717, 1.165) is 9.86 Å². The number of nitrogens with one attached hydrogen (secondary N) is 1. The number of hydrogen-bond acceptors (Lipinski definition) is 3. The van der Waals surface area contributed by atoms with Gasteiger partial charge in [-0.15, -0.1) is 0 Å². The Labute approximate surface area is 113 Å². The van der Waals surface area contributed by atoms with Crippen LogP contribution in [0, 0.1) is 0 Å². The fraction of sp³-hybridized carbons (Fsp3) is 0.308. The zero-order chi connectivity index (χ0) is 13.3. The van der Waals surface area contributed by atoms with Crippen LogP contribution in [0.3, 0.4) is 0 Å². The lowest BCUT2D eigenvalue weighted by molar-refractivity contribution is 0.0843. The molecule has 0 bridgehead atoms. The van der Waals surface area contributed by atoms with Crippen LogP contribution in [0.25, 0.3) is 11.0 Å². The Hall–Kier alpha value is -1.33. The highest BCUT2D eigenvalue weighted by atomic mass is 79.9. The Balaban J connectivity index is 2.28. The van der Waals surface area contributed by atoms with E-state index in [2.05, 4.69) is 21.2 Å². The van der Waals surface area contributed by atoms with E-state index in [4.69, 9.17) is 9.52 Å². The quantitative estimate of drug-likeness (QED) is 0.916. The second-order valence-electron chi connectivity index (χ2n) is 4.79. The number of halogens is 1. The molecule has 0 atom stereocenters. The van der Waals surface area contributed by atoms with Crippen molar-refractivity contribution in [3.63, 3.8) is 0 Å². The lowest BCUT2D eigenvalue weighted by Gasteiger charge is -2.22. The van der Waals surface area contributed by atoms with Gasteiger partial charge >= 0.3 is 0 Å². The third kappa shape index (κ3) is 2.73. The molecule has 2 aromatic rings. The highest BCUT2D eigenvalue weighted by molar-refractivity contribution is 9.10. The molecule has 0 fully saturated rings. The predicted octanol–water partition coefficient (Wildman–Crippen LogP) is 2.70. The molecule has 18 heavy (non-hydrogen) atoms. The molecule has 0 unspecified atom stereocenters. The maximum atomic E-state index is 11.9. The molecule has 0 aliphatic heterocycles. The monoisotopic (exact) mass is 311 g/mol. The van der Waals surface area contributed by atoms with Gasteiger partial charge in [0.2, 0.25) is 0 Å². The molecule has 0 radical (unpaired) electrons. The Morgan fingerprint density at radius 2 is 2.17 bits per heavy atom. The first-order valence-corrected chi connectivity index (χ1v) is 6.33. The summed E-state index contributed by atoms with van der Waals surface area (Å²) in [6.07, 6.45) is 0. The van der Waals surface area contributed by atoms with Gasteiger partial charge in [0.25, 0.3) is 5.91 Å². The highest BCUT2D eigenvalue weighted by Crippen LogP contribution is 2.23. The van der Waals surface area contributed by atoms with Crippen LogP contribution >= 0.6 is 15.9 Å². The van der Waals surface area contributed by atoms with E-state index in [1.54, 1.807) is 19.9 Å². The van der Waals surface area contributed by atoms with Crippen molar-refractivity contribution >= 4 is 32.8 Å². The average molecular weight is 312 g/mol. The summed E-state index contributed by atoms with van der Waals surface area (Å²) in [6.45, 7) is 3.35. The van der Waals surface area contributed by atoms with Gasteiger partial charge in [0.05, 0.1) is 12.1 Å². The maximum absolute atomic E-state index is 11.9. The number of benzene rings is 1. The molecule has 0 aliphatic rings. The van der Waals surface area contributed by atoms with Crippen LogP contribution in [0.1, 0.15) is 24.4 Å². The van der Waals surface area contributed by atoms with E-state index < -0.39 is 5.54 Å². The number of hydrogen-bond donors (Lipinski definition) is 2. The van der Waals surface area contributed by atoms with Crippen molar-refractivity contribution in [2.75, 3.05) is 6.61 Å². The summed E-state index contributed by atoms with van der Waals surface area (Å²) in [7, 11) is 0. The minimum absolute atomic E-state index is 0.134. The van der Waals surface area contributed by atoms with Gasteiger partial charge in [0.1, 0.15) is 5.58 Å². The van der Waals surface area contributed by atoms with E-state index in [0.29, 0.717) is 5.58 Å². The Kier molecular flexibility index (Phi) is 3.45. The predicted molar refractivity (Wildman–Crippen MR) is 72.5 cm³/mol. The van der Waals surface area contributed by atoms with Gasteiger partial charge in [0, 0.05) is 9.86 Å². The number of carbonyl (C=O) groups is 1. The van der Waals surface area contributed by atoms with Crippen LogP contribution in [-0.4, -0.2) is 23.2 Å². The Morgan fingerprint density at radius 1 is 1.44 bits per heavy atom. The van der Waals surface area contributed by atoms with Gasteiger partial charge in [-0.1, -0.05) is 15.9 Å². The first-order chi connectivity index (χ1) is 8.41. The summed E-state index contributed by atoms with van der Waals surface area (Å²) in [5, 5.41) is 12.7. The second-order valence-corrected chi connectivity index (χ2v) is 5.70. The zero-order valence-corrected chi connectivity index (χ0v) is 11.7. The molecule has 0 saturated carbocycles. The normalized spacial score (nSPS) is 11.8. The zero-order valence-electron chi connectivity index (χ0n) is 10.2. The lowest BCUT2D eigenvalue weighted by Crippen LogP contribution is -2.46. The van der Waals surface area contributed by atoms with Gasteiger partial charge in [-0.3, -0.25) is 4.79 Å². The molecule has 5 heteroatoms. The molecule has 1 heterocycles. The molecule has 0 aliphatic carbocycles. The van der Waals surface area contributed by atoms with Crippen LogP contribution in [0.4, 0.5) is 0 Å². The van der Waals surface area contributed by atoms with Crippen molar-refractivity contribution in [2.45, 2.75) is 19.4 Å². The van der Waals surface area contributed by atoms with Crippen molar-refractivity contribution in [3.8, 4) is 0 Å². The minimum Gasteiger partial charge on any atom is -0.451 e. The molecule has 96 valence electrons. The molecule has 1 aromatic carbocycles. The second kappa shape index (κ2) is 4.74. The average Bonchev–Trinajstić information content (AvgIpc) is 2.71. The number of rotatable bonds is 3. The molecule has 2 rings (SSSR count). The highest BCUT2D eigenvalue weighted by Gasteiger charge is 2.22. The first kappa shape index (κ1) is 13.1. The molecule has 1 amide bonds. The van der Waals surface area contributed by atoms with Gasteiger partial charge in [-0.25, -0.2) is 0 Å². The number of carbonyl (C=O) groups excluding carboxylic acids is 1. The van der Waals surface area contributed by atoms with Gasteiger partial charge in [-0.05, 0) is 38.1 Å². The first-order valence-electron chi connectivity index (χ1n) is 5.54. The summed E-state index contributed by atoms with van der Waals surface area (Å²) in [6, 6.07) is 7.25. The summed E-state index contributed by atoms with van der Waals surface area (Å²) in [4.78, 5) is 11.9. The summed E-state index contributed by atoms with van der Waals surface area (Å²) < 4.78 is 6.37. The van der Waals surface area contributed by atoms with Crippen molar-refractivity contribution in [1.29, 1.82) is 0 Å². The molecule has 2 N–H and O–H groups in total.